The Hall–Kier alpha value is -1.89. The van der Waals surface area contributed by atoms with E-state index in [0.29, 0.717) is 17.9 Å². The Kier molecular flexibility index (Phi) is 8.52. The van der Waals surface area contributed by atoms with E-state index in [1.54, 1.807) is 12.1 Å². The number of unbranched alkanes of at least 4 members (excludes halogenated alkanes) is 2. The zero-order chi connectivity index (χ0) is 20.5. The summed E-state index contributed by atoms with van der Waals surface area (Å²) >= 11 is 0. The van der Waals surface area contributed by atoms with E-state index in [-0.39, 0.29) is 14.6 Å². The molecule has 3 rings (SSSR count). The average molecular weight is 408 g/mol. The van der Waals surface area contributed by atoms with Crippen LogP contribution in [-0.4, -0.2) is 20.0 Å². The van der Waals surface area contributed by atoms with E-state index < -0.39 is 6.10 Å². The molecule has 0 aromatic heterocycles. The van der Waals surface area contributed by atoms with Crippen molar-refractivity contribution in [3.63, 3.8) is 0 Å². The van der Waals surface area contributed by atoms with Crippen LogP contribution in [0.5, 0.6) is 0 Å². The number of halogens is 1. The Balaban J connectivity index is 1.47. The summed E-state index contributed by atoms with van der Waals surface area (Å²) in [5.41, 5.74) is 3.28. The number of aliphatic hydroxyl groups is 1. The van der Waals surface area contributed by atoms with Gasteiger partial charge in [-0.05, 0) is 54.2 Å². The molecule has 1 nitrogen and oxygen atoms in total. The number of hydrogen-bond acceptors (Lipinski definition) is 1. The number of benzene rings is 2. The van der Waals surface area contributed by atoms with Crippen LogP contribution in [0.25, 0.3) is 0 Å². The average Bonchev–Trinajstić information content (AvgIpc) is 2.75. The molecule has 1 saturated heterocycles. The van der Waals surface area contributed by atoms with Crippen LogP contribution in [0.15, 0.2) is 48.5 Å². The third-order valence-electron chi connectivity index (χ3n) is 5.93. The number of aliphatic hydroxyl groups excluding tert-OH is 1. The zero-order valence-electron chi connectivity index (χ0n) is 17.5. The predicted octanol–water partition coefficient (Wildman–Crippen LogP) is 6.34. The van der Waals surface area contributed by atoms with E-state index in [4.69, 9.17) is 0 Å². The molecule has 153 valence electrons. The molecule has 2 aromatic rings. The summed E-state index contributed by atoms with van der Waals surface area (Å²) in [6.07, 6.45) is 6.68. The molecule has 1 unspecified atom stereocenters. The first-order valence-corrected chi connectivity index (χ1v) is 13.1. The zero-order valence-corrected chi connectivity index (χ0v) is 18.5. The van der Waals surface area contributed by atoms with Gasteiger partial charge < -0.3 is 5.11 Å². The first-order valence-electron chi connectivity index (χ1n) is 11.0. The highest BCUT2D eigenvalue weighted by molar-refractivity contribution is 6.59. The maximum atomic E-state index is 12.9. The van der Waals surface area contributed by atoms with Crippen LogP contribution < -0.4 is 0 Å². The number of hydrogen-bond donors (Lipinski definition) is 1. The number of rotatable bonds is 7. The molecular formula is C26H32FOSi. The molecule has 3 heteroatoms. The molecule has 29 heavy (non-hydrogen) atoms. The van der Waals surface area contributed by atoms with Gasteiger partial charge in [0.2, 0.25) is 0 Å². The van der Waals surface area contributed by atoms with Crippen molar-refractivity contribution >= 4 is 8.80 Å². The van der Waals surface area contributed by atoms with Crippen LogP contribution in [-0.2, 0) is 6.42 Å². The van der Waals surface area contributed by atoms with Crippen molar-refractivity contribution in [2.45, 2.75) is 75.6 Å². The minimum atomic E-state index is -0.714. The summed E-state index contributed by atoms with van der Waals surface area (Å²) in [5.74, 6) is 6.21. The SMILES string of the molecule is CCCCC[Si]1CCC(c2ccc(CC(O)C#Cc3ccc(F)cc3)cc2)CC1. The van der Waals surface area contributed by atoms with Gasteiger partial charge in [0.05, 0.1) is 0 Å². The molecule has 1 aliphatic rings. The summed E-state index contributed by atoms with van der Waals surface area (Å²) in [5, 5.41) is 10.2. The van der Waals surface area contributed by atoms with Gasteiger partial charge in [-0.1, -0.05) is 80.4 Å². The fourth-order valence-corrected chi connectivity index (χ4v) is 7.15. The standard InChI is InChI=1S/C26H32FOSi/c1-2-3-4-17-29-18-15-24(16-19-29)23-10-5-22(6-11-23)20-26(28)14-9-21-7-12-25(27)13-8-21/h5-8,10-13,24,26,28H,2-4,15-20H2,1H3. The summed E-state index contributed by atoms with van der Waals surface area (Å²) < 4.78 is 12.9. The van der Waals surface area contributed by atoms with E-state index in [2.05, 4.69) is 43.0 Å². The molecule has 0 saturated carbocycles. The Morgan fingerprint density at radius 2 is 1.72 bits per heavy atom. The van der Waals surface area contributed by atoms with Gasteiger partial charge >= 0.3 is 0 Å². The molecule has 1 N–H and O–H groups in total. The fourth-order valence-electron chi connectivity index (χ4n) is 4.13. The molecule has 1 radical (unpaired) electrons. The first-order chi connectivity index (χ1) is 14.1. The minimum absolute atomic E-state index is 0.0841. The fraction of sp³-hybridized carbons (Fsp3) is 0.462. The summed E-state index contributed by atoms with van der Waals surface area (Å²) in [6, 6.07) is 19.3. The molecule has 0 bridgehead atoms. The Bertz CT molecular complexity index is 795. The van der Waals surface area contributed by atoms with E-state index in [1.165, 1.54) is 67.9 Å². The largest absolute Gasteiger partial charge is 0.380 e. The summed E-state index contributed by atoms with van der Waals surface area (Å²) in [4.78, 5) is 0. The van der Waals surface area contributed by atoms with Gasteiger partial charge in [0.15, 0.2) is 0 Å². The molecular weight excluding hydrogens is 375 g/mol. The molecule has 1 aliphatic heterocycles. The normalized spacial score (nSPS) is 16.2. The third kappa shape index (κ3) is 7.14. The molecule has 0 amide bonds. The van der Waals surface area contributed by atoms with Gasteiger partial charge in [-0.2, -0.15) is 0 Å². The molecule has 0 aliphatic carbocycles. The minimum Gasteiger partial charge on any atom is -0.380 e. The quantitative estimate of drug-likeness (QED) is 0.322. The van der Waals surface area contributed by atoms with Gasteiger partial charge in [-0.15, -0.1) is 0 Å². The molecule has 1 heterocycles. The molecule has 0 spiro atoms. The summed E-state index contributed by atoms with van der Waals surface area (Å²) in [6.45, 7) is 2.29. The van der Waals surface area contributed by atoms with Crippen LogP contribution in [0.3, 0.4) is 0 Å². The monoisotopic (exact) mass is 407 g/mol. The van der Waals surface area contributed by atoms with Gasteiger partial charge in [0, 0.05) is 20.8 Å². The Morgan fingerprint density at radius 3 is 2.38 bits per heavy atom. The molecule has 2 aromatic carbocycles. The van der Waals surface area contributed by atoms with Crippen LogP contribution >= 0.6 is 0 Å². The maximum absolute atomic E-state index is 12.9. The lowest BCUT2D eigenvalue weighted by Crippen LogP contribution is -2.20. The van der Waals surface area contributed by atoms with Crippen molar-refractivity contribution in [1.82, 2.24) is 0 Å². The van der Waals surface area contributed by atoms with Gasteiger partial charge in [-0.25, -0.2) is 4.39 Å². The Labute approximate surface area is 177 Å². The second kappa shape index (κ2) is 11.3. The van der Waals surface area contributed by atoms with Gasteiger partial charge in [0.25, 0.3) is 0 Å². The van der Waals surface area contributed by atoms with E-state index in [1.807, 2.05) is 0 Å². The van der Waals surface area contributed by atoms with E-state index in [9.17, 15) is 9.50 Å². The highest BCUT2D eigenvalue weighted by Gasteiger charge is 2.23. The summed E-state index contributed by atoms with van der Waals surface area (Å²) in [7, 11) is -0.0841. The van der Waals surface area contributed by atoms with Gasteiger partial charge in [-0.3, -0.25) is 0 Å². The lowest BCUT2D eigenvalue weighted by molar-refractivity contribution is 0.233. The smallest absolute Gasteiger partial charge is 0.123 e. The van der Waals surface area contributed by atoms with Crippen LogP contribution in [0.1, 0.15) is 61.6 Å². The third-order valence-corrected chi connectivity index (χ3v) is 8.99. The maximum Gasteiger partial charge on any atom is 0.123 e. The molecule has 1 fully saturated rings. The van der Waals surface area contributed by atoms with Crippen molar-refractivity contribution < 1.29 is 9.50 Å². The second-order valence-corrected chi connectivity index (χ2v) is 11.2. The topological polar surface area (TPSA) is 20.2 Å². The van der Waals surface area contributed by atoms with Crippen LogP contribution in [0.4, 0.5) is 4.39 Å². The predicted molar refractivity (Wildman–Crippen MR) is 121 cm³/mol. The van der Waals surface area contributed by atoms with Crippen molar-refractivity contribution in [1.29, 1.82) is 0 Å². The van der Waals surface area contributed by atoms with Crippen LogP contribution in [0.2, 0.25) is 18.1 Å². The Morgan fingerprint density at radius 1 is 1.03 bits per heavy atom. The van der Waals surface area contributed by atoms with Crippen molar-refractivity contribution in [2.24, 2.45) is 0 Å². The second-order valence-electron chi connectivity index (χ2n) is 8.22. The highest BCUT2D eigenvalue weighted by atomic mass is 28.3. The first kappa shape index (κ1) is 21.8. The highest BCUT2D eigenvalue weighted by Crippen LogP contribution is 2.35. The van der Waals surface area contributed by atoms with Crippen molar-refractivity contribution in [3.05, 3.63) is 71.0 Å². The van der Waals surface area contributed by atoms with E-state index in [0.717, 1.165) is 5.56 Å². The van der Waals surface area contributed by atoms with Gasteiger partial charge in [0.1, 0.15) is 11.9 Å². The lowest BCUT2D eigenvalue weighted by Gasteiger charge is -2.28. The lowest BCUT2D eigenvalue weighted by atomic mass is 9.92. The van der Waals surface area contributed by atoms with Crippen LogP contribution in [0, 0.1) is 17.7 Å². The van der Waals surface area contributed by atoms with Crippen molar-refractivity contribution in [3.8, 4) is 11.8 Å². The van der Waals surface area contributed by atoms with E-state index >= 15 is 0 Å². The molecule has 1 atom stereocenters. The van der Waals surface area contributed by atoms with Crippen molar-refractivity contribution in [2.75, 3.05) is 0 Å².